The fourth-order valence-corrected chi connectivity index (χ4v) is 4.43. The molecule has 0 unspecified atom stereocenters. The van der Waals surface area contributed by atoms with Crippen LogP contribution in [0.15, 0.2) is 29.9 Å². The maximum Gasteiger partial charge on any atom is 0.408 e. The Labute approximate surface area is 208 Å². The molecule has 0 radical (unpaired) electrons. The molecule has 0 saturated carbocycles. The van der Waals surface area contributed by atoms with Gasteiger partial charge in [0.1, 0.15) is 30.1 Å². The first kappa shape index (κ1) is 26.4. The molecule has 11 heteroatoms. The number of aliphatic carboxylic acids is 1. The van der Waals surface area contributed by atoms with E-state index in [0.29, 0.717) is 11.6 Å². The fraction of sp³-hybridized carbons (Fsp3) is 0.542. The van der Waals surface area contributed by atoms with Gasteiger partial charge in [-0.25, -0.2) is 19.6 Å². The number of carbonyl (C=O) groups excluding carboxylic acids is 2. The zero-order valence-electron chi connectivity index (χ0n) is 20.8. The number of hydrogen-bond acceptors (Lipinski definition) is 8. The van der Waals surface area contributed by atoms with Crippen LogP contribution in [0, 0.1) is 5.41 Å². The van der Waals surface area contributed by atoms with E-state index in [0.717, 1.165) is 4.88 Å². The van der Waals surface area contributed by atoms with Crippen molar-refractivity contribution in [1.82, 2.24) is 20.2 Å². The average Bonchev–Trinajstić information content (AvgIpc) is 3.40. The molecule has 2 aromatic heterocycles. The van der Waals surface area contributed by atoms with Gasteiger partial charge in [0.2, 0.25) is 11.8 Å². The van der Waals surface area contributed by atoms with Crippen molar-refractivity contribution in [3.63, 3.8) is 0 Å². The van der Waals surface area contributed by atoms with Crippen molar-refractivity contribution in [2.24, 2.45) is 5.41 Å². The van der Waals surface area contributed by atoms with E-state index in [4.69, 9.17) is 9.47 Å². The summed E-state index contributed by atoms with van der Waals surface area (Å²) in [5.74, 6) is -1.36. The molecule has 0 aliphatic carbocycles. The van der Waals surface area contributed by atoms with E-state index in [1.54, 1.807) is 47.6 Å². The molecule has 0 aromatic carbocycles. The minimum Gasteiger partial charge on any atom is -0.480 e. The van der Waals surface area contributed by atoms with Crippen LogP contribution in [-0.2, 0) is 14.3 Å². The summed E-state index contributed by atoms with van der Waals surface area (Å²) in [6.45, 7) is 10.6. The molecule has 35 heavy (non-hydrogen) atoms. The van der Waals surface area contributed by atoms with E-state index >= 15 is 0 Å². The molecule has 10 nitrogen and oxygen atoms in total. The number of alkyl carbamates (subject to hydrolysis) is 1. The van der Waals surface area contributed by atoms with E-state index in [9.17, 15) is 19.5 Å². The normalized spacial score (nSPS) is 19.2. The summed E-state index contributed by atoms with van der Waals surface area (Å²) in [7, 11) is 0. The first-order chi connectivity index (χ1) is 16.2. The van der Waals surface area contributed by atoms with Crippen LogP contribution in [0.4, 0.5) is 4.79 Å². The first-order valence-electron chi connectivity index (χ1n) is 11.3. The Kier molecular flexibility index (Phi) is 7.68. The van der Waals surface area contributed by atoms with E-state index in [-0.39, 0.29) is 13.0 Å². The number of carboxylic acid groups (broad SMARTS) is 1. The van der Waals surface area contributed by atoms with Crippen molar-refractivity contribution in [1.29, 1.82) is 0 Å². The lowest BCUT2D eigenvalue weighted by Gasteiger charge is -2.35. The second-order valence-corrected chi connectivity index (χ2v) is 11.4. The average molecular weight is 505 g/mol. The third-order valence-electron chi connectivity index (χ3n) is 5.31. The lowest BCUT2D eigenvalue weighted by molar-refractivity contribution is -0.150. The molecule has 2 aromatic rings. The molecule has 2 amide bonds. The molecular formula is C24H32N4O6S. The monoisotopic (exact) mass is 504 g/mol. The summed E-state index contributed by atoms with van der Waals surface area (Å²) < 4.78 is 11.3. The van der Waals surface area contributed by atoms with E-state index in [1.807, 2.05) is 17.5 Å². The number of aromatic nitrogens is 2. The molecule has 1 aliphatic heterocycles. The molecule has 0 spiro atoms. The van der Waals surface area contributed by atoms with Gasteiger partial charge in [0.05, 0.1) is 17.1 Å². The van der Waals surface area contributed by atoms with Crippen LogP contribution in [-0.4, -0.2) is 68.3 Å². The Morgan fingerprint density at radius 1 is 1.20 bits per heavy atom. The Bertz CT molecular complexity index is 1060. The third-order valence-corrected chi connectivity index (χ3v) is 6.20. The van der Waals surface area contributed by atoms with Gasteiger partial charge in [0, 0.05) is 12.5 Å². The van der Waals surface area contributed by atoms with Gasteiger partial charge < -0.3 is 24.8 Å². The summed E-state index contributed by atoms with van der Waals surface area (Å²) >= 11 is 1.53. The van der Waals surface area contributed by atoms with Gasteiger partial charge in [-0.15, -0.1) is 11.3 Å². The second-order valence-electron chi connectivity index (χ2n) is 10.5. The van der Waals surface area contributed by atoms with Crippen LogP contribution in [0.3, 0.4) is 0 Å². The Morgan fingerprint density at radius 3 is 2.49 bits per heavy atom. The smallest absolute Gasteiger partial charge is 0.408 e. The Balaban J connectivity index is 1.77. The number of likely N-dealkylation sites (tertiary alicyclic amines) is 1. The first-order valence-corrected chi connectivity index (χ1v) is 12.2. The molecule has 1 aliphatic rings. The predicted octanol–water partition coefficient (Wildman–Crippen LogP) is 3.58. The zero-order valence-corrected chi connectivity index (χ0v) is 21.6. The van der Waals surface area contributed by atoms with Gasteiger partial charge in [-0.3, -0.25) is 4.79 Å². The van der Waals surface area contributed by atoms with Crippen molar-refractivity contribution < 1.29 is 29.0 Å². The Hall–Kier alpha value is -3.21. The van der Waals surface area contributed by atoms with Crippen LogP contribution < -0.4 is 10.1 Å². The fourth-order valence-electron chi connectivity index (χ4n) is 3.73. The van der Waals surface area contributed by atoms with Crippen molar-refractivity contribution >= 4 is 29.3 Å². The lowest BCUT2D eigenvalue weighted by atomic mass is 9.85. The number of carbonyl (C=O) groups is 3. The topological polar surface area (TPSA) is 131 Å². The van der Waals surface area contributed by atoms with Crippen LogP contribution in [0.2, 0.25) is 0 Å². The quantitative estimate of drug-likeness (QED) is 0.610. The summed E-state index contributed by atoms with van der Waals surface area (Å²) in [5.41, 5.74) is -0.746. The van der Waals surface area contributed by atoms with Gasteiger partial charge in [-0.2, -0.15) is 0 Å². The highest BCUT2D eigenvalue weighted by Gasteiger charge is 2.46. The molecule has 3 atom stereocenters. The van der Waals surface area contributed by atoms with Crippen LogP contribution in [0.1, 0.15) is 48.0 Å². The second kappa shape index (κ2) is 10.2. The van der Waals surface area contributed by atoms with Crippen LogP contribution in [0.5, 0.6) is 5.88 Å². The summed E-state index contributed by atoms with van der Waals surface area (Å²) in [6.07, 6.45) is 0.139. The van der Waals surface area contributed by atoms with Gasteiger partial charge in [-0.05, 0) is 37.6 Å². The number of amides is 2. The molecule has 2 N–H and O–H groups in total. The van der Waals surface area contributed by atoms with Gasteiger partial charge in [0.25, 0.3) is 0 Å². The minimum absolute atomic E-state index is 0.0384. The molecular weight excluding hydrogens is 472 g/mol. The predicted molar refractivity (Wildman–Crippen MR) is 130 cm³/mol. The molecule has 3 rings (SSSR count). The van der Waals surface area contributed by atoms with E-state index < -0.39 is 47.2 Å². The third kappa shape index (κ3) is 6.91. The standard InChI is InChI=1S/C24H32N4O6S/c1-23(2,3)19(27-22(32)34-24(4,5)6)20(29)28-12-14(10-16(28)21(30)31)33-18-11-15(25-13-26-18)17-8-7-9-35-17/h7-9,11,13-14,16,19H,10,12H2,1-6H3,(H,27,32)(H,30,31)/t14-,16+,19-/m1/s1. The highest BCUT2D eigenvalue weighted by Crippen LogP contribution is 2.29. The number of ether oxygens (including phenoxy) is 2. The largest absolute Gasteiger partial charge is 0.480 e. The lowest BCUT2D eigenvalue weighted by Crippen LogP contribution is -2.57. The van der Waals surface area contributed by atoms with Gasteiger partial charge in [-0.1, -0.05) is 26.8 Å². The van der Waals surface area contributed by atoms with Crippen molar-refractivity contribution in [3.05, 3.63) is 29.9 Å². The minimum atomic E-state index is -1.14. The summed E-state index contributed by atoms with van der Waals surface area (Å²) in [5, 5.41) is 14.4. The van der Waals surface area contributed by atoms with Crippen LogP contribution >= 0.6 is 11.3 Å². The van der Waals surface area contributed by atoms with Crippen molar-refractivity contribution in [2.75, 3.05) is 6.54 Å². The molecule has 0 bridgehead atoms. The maximum atomic E-state index is 13.5. The number of nitrogens with one attached hydrogen (secondary N) is 1. The number of nitrogens with zero attached hydrogens (tertiary/aromatic N) is 3. The summed E-state index contributed by atoms with van der Waals surface area (Å²) in [4.78, 5) is 48.6. The van der Waals surface area contributed by atoms with Gasteiger partial charge in [0.15, 0.2) is 0 Å². The van der Waals surface area contributed by atoms with Gasteiger partial charge >= 0.3 is 12.1 Å². The SMILES string of the molecule is CC(C)(C)OC(=O)N[C@H](C(=O)N1C[C@H](Oc2cc(-c3cccs3)ncn2)C[C@H]1C(=O)O)C(C)(C)C. The highest BCUT2D eigenvalue weighted by molar-refractivity contribution is 7.13. The molecule has 1 saturated heterocycles. The zero-order chi connectivity index (χ0) is 26.0. The van der Waals surface area contributed by atoms with Crippen molar-refractivity contribution in [3.8, 4) is 16.5 Å². The number of carboxylic acids is 1. The van der Waals surface area contributed by atoms with Crippen molar-refractivity contribution in [2.45, 2.75) is 71.8 Å². The maximum absolute atomic E-state index is 13.5. The Morgan fingerprint density at radius 2 is 1.91 bits per heavy atom. The molecule has 190 valence electrons. The number of thiophene rings is 1. The number of hydrogen-bond donors (Lipinski definition) is 2. The van der Waals surface area contributed by atoms with E-state index in [2.05, 4.69) is 15.3 Å². The summed E-state index contributed by atoms with van der Waals surface area (Å²) in [6, 6.07) is 3.43. The molecule has 1 fully saturated rings. The molecule has 3 heterocycles. The van der Waals surface area contributed by atoms with Crippen LogP contribution in [0.25, 0.3) is 10.6 Å². The number of rotatable bonds is 6. The van der Waals surface area contributed by atoms with E-state index in [1.165, 1.54) is 22.6 Å². The highest BCUT2D eigenvalue weighted by atomic mass is 32.1.